The maximum atomic E-state index is 13.0. The van der Waals surface area contributed by atoms with Crippen LogP contribution in [0, 0.1) is 10.8 Å². The number of aliphatic hydroxyl groups is 1. The maximum Gasteiger partial charge on any atom is 0.146 e. The molecular weight excluding hydrogens is 478 g/mol. The molecule has 0 radical (unpaired) electrons. The first-order chi connectivity index (χ1) is 18.4. The van der Waals surface area contributed by atoms with Crippen LogP contribution in [0.5, 0.6) is 5.75 Å². The molecule has 200 valence electrons. The van der Waals surface area contributed by atoms with Crippen molar-refractivity contribution in [2.45, 2.75) is 69.5 Å². The minimum atomic E-state index is -0.564. The number of ketones is 1. The van der Waals surface area contributed by atoms with Gasteiger partial charge in [-0.15, -0.1) is 11.5 Å². The Kier molecular flexibility index (Phi) is 8.92. The fraction of sp³-hybridized carbons (Fsp3) is 0.387. The molecule has 4 rings (SSSR count). The van der Waals surface area contributed by atoms with Crippen LogP contribution >= 0.6 is 0 Å². The molecule has 2 aromatic rings. The van der Waals surface area contributed by atoms with Crippen LogP contribution in [-0.4, -0.2) is 33.4 Å². The number of aryl methyl sites for hydroxylation is 2. The van der Waals surface area contributed by atoms with E-state index in [1.165, 1.54) is 11.1 Å². The summed E-state index contributed by atoms with van der Waals surface area (Å²) in [5, 5.41) is 13.8. The molecule has 4 unspecified atom stereocenters. The van der Waals surface area contributed by atoms with Gasteiger partial charge in [-0.1, -0.05) is 48.5 Å². The van der Waals surface area contributed by atoms with E-state index in [2.05, 4.69) is 28.8 Å². The fourth-order valence-corrected chi connectivity index (χ4v) is 6.22. The number of fused-ring (bicyclic) bond motifs is 2. The first kappa shape index (κ1) is 27.5. The highest BCUT2D eigenvalue weighted by Gasteiger charge is 2.54. The lowest BCUT2D eigenvalue weighted by Crippen LogP contribution is -2.55. The average Bonchev–Trinajstić information content (AvgIpc) is 3.28. The summed E-state index contributed by atoms with van der Waals surface area (Å²) < 4.78 is 0. The normalized spacial score (nSPS) is 29.5. The zero-order valence-corrected chi connectivity index (χ0v) is 22.0. The predicted octanol–water partition coefficient (Wildman–Crippen LogP) is 5.96. The summed E-state index contributed by atoms with van der Waals surface area (Å²) in [6, 6.07) is 17.6. The summed E-state index contributed by atoms with van der Waals surface area (Å²) in [6.45, 7) is 5.91. The lowest BCUT2D eigenvalue weighted by atomic mass is 9.78. The number of rotatable bonds is 11. The van der Waals surface area contributed by atoms with Crippen LogP contribution in [-0.2, 0) is 17.6 Å². The molecule has 2 bridgehead atoms. The Hall–Kier alpha value is -3.55. The van der Waals surface area contributed by atoms with Crippen molar-refractivity contribution < 1.29 is 14.7 Å². The van der Waals surface area contributed by atoms with Gasteiger partial charge in [-0.2, -0.15) is 5.90 Å². The molecule has 0 saturated carbocycles. The van der Waals surface area contributed by atoms with Gasteiger partial charge in [0.1, 0.15) is 23.0 Å². The van der Waals surface area contributed by atoms with Crippen LogP contribution in [0.25, 0.3) is 0 Å². The first-order valence-electron chi connectivity index (χ1n) is 13.3. The number of aliphatic hydroxyl groups excluding tert-OH is 1. The van der Waals surface area contributed by atoms with Crippen molar-refractivity contribution in [3.8, 4) is 5.75 Å². The van der Waals surface area contributed by atoms with Crippen LogP contribution in [0.4, 0.5) is 0 Å². The number of benzene rings is 2. The number of carbonyl (C=O) groups excluding carboxylic acids is 1. The molecule has 1 saturated heterocycles. The van der Waals surface area contributed by atoms with E-state index in [9.17, 15) is 14.8 Å². The molecule has 0 aliphatic carbocycles. The Morgan fingerprint density at radius 2 is 1.89 bits per heavy atom. The summed E-state index contributed by atoms with van der Waals surface area (Å²) in [4.78, 5) is 31.9. The molecule has 7 nitrogen and oxygen atoms in total. The van der Waals surface area contributed by atoms with E-state index >= 15 is 0 Å². The molecule has 0 amide bonds. The Balaban J connectivity index is 1.68. The van der Waals surface area contributed by atoms with E-state index in [4.69, 9.17) is 10.7 Å². The number of nitroso groups, excluding NO2 is 1. The Morgan fingerprint density at radius 3 is 2.53 bits per heavy atom. The second-order valence-corrected chi connectivity index (χ2v) is 10.3. The van der Waals surface area contributed by atoms with Crippen molar-refractivity contribution in [1.82, 2.24) is 4.90 Å². The number of nitrogens with zero attached hydrogens (tertiary/aromatic N) is 2. The van der Waals surface area contributed by atoms with Gasteiger partial charge in [0.05, 0.1) is 6.04 Å². The molecule has 2 aliphatic rings. The molecule has 2 aliphatic heterocycles. The number of hydrogen-bond acceptors (Lipinski definition) is 7. The zero-order valence-electron chi connectivity index (χ0n) is 22.0. The van der Waals surface area contributed by atoms with Crippen molar-refractivity contribution in [1.29, 1.82) is 0 Å². The van der Waals surface area contributed by atoms with E-state index < -0.39 is 5.54 Å². The van der Waals surface area contributed by atoms with Crippen LogP contribution in [0.2, 0.25) is 0 Å². The van der Waals surface area contributed by atoms with Crippen molar-refractivity contribution in [3.63, 3.8) is 0 Å². The lowest BCUT2D eigenvalue weighted by Gasteiger charge is -2.45. The highest BCUT2D eigenvalue weighted by molar-refractivity contribution is 5.82. The van der Waals surface area contributed by atoms with Gasteiger partial charge in [-0.3, -0.25) is 9.69 Å². The highest BCUT2D eigenvalue weighted by Crippen LogP contribution is 2.48. The number of Topliss-reactive ketones (excluding diaryl/α,β-unsaturated/α-hetero) is 1. The fourth-order valence-electron chi connectivity index (χ4n) is 6.22. The quantitative estimate of drug-likeness (QED) is 0.217. The van der Waals surface area contributed by atoms with E-state index in [1.54, 1.807) is 19.1 Å². The summed E-state index contributed by atoms with van der Waals surface area (Å²) in [5.74, 6) is 5.66. The second-order valence-electron chi connectivity index (χ2n) is 10.3. The largest absolute Gasteiger partial charge is 0.506 e. The Bertz CT molecular complexity index is 1190. The van der Waals surface area contributed by atoms with Crippen molar-refractivity contribution >= 4 is 5.78 Å². The van der Waals surface area contributed by atoms with Gasteiger partial charge in [0.15, 0.2) is 0 Å². The van der Waals surface area contributed by atoms with Crippen LogP contribution < -0.4 is 10.7 Å². The zero-order chi connectivity index (χ0) is 27.1. The van der Waals surface area contributed by atoms with Gasteiger partial charge in [-0.25, -0.2) is 0 Å². The minimum absolute atomic E-state index is 0.0316. The highest BCUT2D eigenvalue weighted by atomic mass is 16.6. The van der Waals surface area contributed by atoms with Gasteiger partial charge in [0.25, 0.3) is 0 Å². The third-order valence-electron chi connectivity index (χ3n) is 8.17. The van der Waals surface area contributed by atoms with Gasteiger partial charge >= 0.3 is 0 Å². The third kappa shape index (κ3) is 5.79. The standard InChI is InChI=1S/C31H37N3O4/c1-3-31(19-18-23-8-5-4-6-9-23)25-20-28(33-37)30(36)17-14-26(34(31)29(21-25)22(2)35)11-7-10-24-12-15-27(38-32)16-13-24/h3-6,8-9,12-13,15-17,20,25-26,29,36H,1,7,10-11,14,18-19,21,32H2,2H3/b28-20+,30-17+/t25?,26-,29?,31?/m0/s1. The maximum absolute atomic E-state index is 13.0. The summed E-state index contributed by atoms with van der Waals surface area (Å²) in [6.07, 6.45) is 10.5. The lowest BCUT2D eigenvalue weighted by molar-refractivity contribution is -0.123. The summed E-state index contributed by atoms with van der Waals surface area (Å²) >= 11 is 0. The van der Waals surface area contributed by atoms with Gasteiger partial charge in [-0.05, 0) is 92.5 Å². The monoisotopic (exact) mass is 515 g/mol. The molecule has 0 aromatic heterocycles. The predicted molar refractivity (Wildman–Crippen MR) is 149 cm³/mol. The number of hydrogen-bond donors (Lipinski definition) is 2. The SMILES string of the molecule is C=CC1(CCc2ccccc2)C2/C=C(N=O)\C(O)=C/C[C@H](CCCc3ccc(ON)cc3)N1C(C(C)=O)C2. The minimum Gasteiger partial charge on any atom is -0.506 e. The number of nitrogens with two attached hydrogens (primary N) is 1. The van der Waals surface area contributed by atoms with E-state index in [1.807, 2.05) is 48.5 Å². The molecule has 38 heavy (non-hydrogen) atoms. The third-order valence-corrected chi connectivity index (χ3v) is 8.17. The Labute approximate surface area is 224 Å². The second kappa shape index (κ2) is 12.3. The van der Waals surface area contributed by atoms with Crippen LogP contribution in [0.15, 0.2) is 96.0 Å². The molecule has 3 N–H and O–H groups in total. The molecule has 1 fully saturated rings. The number of carbonyl (C=O) groups is 1. The van der Waals surface area contributed by atoms with E-state index in [0.717, 1.165) is 32.1 Å². The molecule has 0 spiro atoms. The first-order valence-corrected chi connectivity index (χ1v) is 13.3. The topological polar surface area (TPSA) is 105 Å². The molecule has 2 aromatic carbocycles. The van der Waals surface area contributed by atoms with Crippen molar-refractivity contribution in [3.05, 3.63) is 107 Å². The van der Waals surface area contributed by atoms with Crippen molar-refractivity contribution in [2.24, 2.45) is 17.0 Å². The van der Waals surface area contributed by atoms with Crippen molar-refractivity contribution in [2.75, 3.05) is 0 Å². The summed E-state index contributed by atoms with van der Waals surface area (Å²) in [7, 11) is 0. The van der Waals surface area contributed by atoms with Gasteiger partial charge in [0, 0.05) is 17.5 Å². The van der Waals surface area contributed by atoms with Crippen LogP contribution in [0.3, 0.4) is 0 Å². The van der Waals surface area contributed by atoms with Gasteiger partial charge < -0.3 is 9.94 Å². The molecule has 2 heterocycles. The van der Waals surface area contributed by atoms with Gasteiger partial charge in [0.2, 0.25) is 0 Å². The molecule has 5 atom stereocenters. The Morgan fingerprint density at radius 1 is 1.18 bits per heavy atom. The van der Waals surface area contributed by atoms with E-state index in [0.29, 0.717) is 18.6 Å². The van der Waals surface area contributed by atoms with E-state index in [-0.39, 0.29) is 35.2 Å². The average molecular weight is 516 g/mol. The van der Waals surface area contributed by atoms with Crippen LogP contribution in [0.1, 0.15) is 50.2 Å². The molecular formula is C31H37N3O4. The summed E-state index contributed by atoms with van der Waals surface area (Å²) in [5.41, 5.74) is 1.84. The smallest absolute Gasteiger partial charge is 0.146 e. The molecule has 7 heteroatoms.